The largest absolute Gasteiger partial charge is 0.427 e. The summed E-state index contributed by atoms with van der Waals surface area (Å²) in [5.41, 5.74) is 3.08. The van der Waals surface area contributed by atoms with Gasteiger partial charge in [-0.15, -0.1) is 0 Å². The van der Waals surface area contributed by atoms with E-state index >= 15 is 0 Å². The van der Waals surface area contributed by atoms with Gasteiger partial charge < -0.3 is 15.2 Å². The van der Waals surface area contributed by atoms with Crippen molar-refractivity contribution in [1.82, 2.24) is 4.98 Å². The van der Waals surface area contributed by atoms with Gasteiger partial charge in [-0.1, -0.05) is 13.8 Å². The molecular weight excluding hydrogens is 180 g/mol. The summed E-state index contributed by atoms with van der Waals surface area (Å²) in [6.45, 7) is 6.23. The fourth-order valence-electron chi connectivity index (χ4n) is 1.69. The Bertz CT molecular complexity index is 363. The number of hydrogen-bond acceptors (Lipinski definition) is 4. The highest BCUT2D eigenvalue weighted by atomic mass is 16.6. The number of ether oxygens (including phenoxy) is 1. The maximum atomic E-state index is 9.23. The fraction of sp³-hybridized carbons (Fsp3) is 0.500. The molecule has 76 valence electrons. The first-order valence-electron chi connectivity index (χ1n) is 4.70. The molecule has 2 N–H and O–H groups in total. The maximum Gasteiger partial charge on any atom is 0.280 e. The van der Waals surface area contributed by atoms with Crippen LogP contribution in [0.3, 0.4) is 0 Å². The van der Waals surface area contributed by atoms with E-state index in [1.807, 2.05) is 6.92 Å². The lowest BCUT2D eigenvalue weighted by Crippen LogP contribution is -2.18. The lowest BCUT2D eigenvalue weighted by atomic mass is 9.99. The van der Waals surface area contributed by atoms with Gasteiger partial charge in [0.2, 0.25) is 5.88 Å². The minimum absolute atomic E-state index is 0.423. The van der Waals surface area contributed by atoms with Crippen LogP contribution in [0.5, 0.6) is 5.88 Å². The van der Waals surface area contributed by atoms with Crippen LogP contribution in [0.25, 0.3) is 0 Å². The molecule has 2 rings (SSSR count). The number of anilines is 1. The first kappa shape index (κ1) is 9.27. The van der Waals surface area contributed by atoms with Crippen molar-refractivity contribution in [3.63, 3.8) is 0 Å². The Balaban J connectivity index is 2.48. The normalized spacial score (nSPS) is 19.1. The van der Waals surface area contributed by atoms with Crippen LogP contribution in [0.2, 0.25) is 0 Å². The molecule has 0 spiro atoms. The third kappa shape index (κ3) is 1.32. The lowest BCUT2D eigenvalue weighted by molar-refractivity contribution is 0.0182. The number of aliphatic hydroxyl groups excluding tert-OH is 1. The molecule has 0 saturated heterocycles. The molecule has 2 heterocycles. The van der Waals surface area contributed by atoms with Gasteiger partial charge in [0.15, 0.2) is 0 Å². The summed E-state index contributed by atoms with van der Waals surface area (Å²) in [7, 11) is 0. The predicted octanol–water partition coefficient (Wildman–Crippen LogP) is 1.59. The average Bonchev–Trinajstić information content (AvgIpc) is 2.46. The van der Waals surface area contributed by atoms with Crippen LogP contribution in [-0.2, 0) is 0 Å². The van der Waals surface area contributed by atoms with Gasteiger partial charge >= 0.3 is 0 Å². The van der Waals surface area contributed by atoms with Crippen LogP contribution in [0.1, 0.15) is 30.9 Å². The molecule has 1 aliphatic rings. The Kier molecular flexibility index (Phi) is 2.07. The standard InChI is InChI=1S/C10H14N2O2/c1-5(2)7-4-11-9-8(6(7)3)12-10(13)14-9/h4-5,10,12-13H,1-3H3. The predicted molar refractivity (Wildman–Crippen MR) is 53.3 cm³/mol. The Hall–Kier alpha value is -1.29. The van der Waals surface area contributed by atoms with Crippen LogP contribution in [0.15, 0.2) is 6.20 Å². The van der Waals surface area contributed by atoms with Gasteiger partial charge in [0, 0.05) is 6.20 Å². The minimum atomic E-state index is -0.960. The highest BCUT2D eigenvalue weighted by Crippen LogP contribution is 2.35. The molecule has 1 aliphatic heterocycles. The second-order valence-corrected chi connectivity index (χ2v) is 3.79. The van der Waals surface area contributed by atoms with Gasteiger partial charge in [-0.3, -0.25) is 0 Å². The van der Waals surface area contributed by atoms with E-state index in [-0.39, 0.29) is 0 Å². The number of rotatable bonds is 1. The molecule has 0 aromatic carbocycles. The molecule has 14 heavy (non-hydrogen) atoms. The molecular formula is C10H14N2O2. The van der Waals surface area contributed by atoms with Gasteiger partial charge in [0.25, 0.3) is 6.41 Å². The van der Waals surface area contributed by atoms with Crippen LogP contribution in [-0.4, -0.2) is 16.5 Å². The second-order valence-electron chi connectivity index (χ2n) is 3.79. The van der Waals surface area contributed by atoms with E-state index in [2.05, 4.69) is 24.1 Å². The number of aromatic nitrogens is 1. The number of hydrogen-bond donors (Lipinski definition) is 2. The molecule has 0 fully saturated rings. The molecule has 0 aliphatic carbocycles. The zero-order chi connectivity index (χ0) is 10.3. The molecule has 0 bridgehead atoms. The molecule has 4 heteroatoms. The van der Waals surface area contributed by atoms with Gasteiger partial charge in [0.1, 0.15) is 5.69 Å². The molecule has 1 unspecified atom stereocenters. The summed E-state index contributed by atoms with van der Waals surface area (Å²) < 4.78 is 5.06. The van der Waals surface area contributed by atoms with Crippen LogP contribution >= 0.6 is 0 Å². The van der Waals surface area contributed by atoms with Crippen molar-refractivity contribution in [3.8, 4) is 5.88 Å². The first-order chi connectivity index (χ1) is 6.59. The Morgan fingerprint density at radius 1 is 1.57 bits per heavy atom. The van der Waals surface area contributed by atoms with Crippen molar-refractivity contribution in [1.29, 1.82) is 0 Å². The van der Waals surface area contributed by atoms with Crippen LogP contribution in [0.4, 0.5) is 5.69 Å². The number of nitrogens with one attached hydrogen (secondary N) is 1. The van der Waals surface area contributed by atoms with Crippen LogP contribution in [0, 0.1) is 6.92 Å². The van der Waals surface area contributed by atoms with Crippen molar-refractivity contribution in [3.05, 3.63) is 17.3 Å². The van der Waals surface area contributed by atoms with Crippen molar-refractivity contribution >= 4 is 5.69 Å². The molecule has 0 radical (unpaired) electrons. The van der Waals surface area contributed by atoms with Crippen molar-refractivity contribution in [2.45, 2.75) is 33.1 Å². The maximum absolute atomic E-state index is 9.23. The smallest absolute Gasteiger partial charge is 0.280 e. The minimum Gasteiger partial charge on any atom is -0.427 e. The summed E-state index contributed by atoms with van der Waals surface area (Å²) in [5, 5.41) is 12.1. The molecule has 4 nitrogen and oxygen atoms in total. The van der Waals surface area contributed by atoms with Gasteiger partial charge in [-0.2, -0.15) is 0 Å². The van der Waals surface area contributed by atoms with Crippen LogP contribution < -0.4 is 10.1 Å². The molecule has 1 aromatic rings. The second kappa shape index (κ2) is 3.13. The zero-order valence-corrected chi connectivity index (χ0v) is 8.53. The van der Waals surface area contributed by atoms with E-state index in [0.29, 0.717) is 11.8 Å². The zero-order valence-electron chi connectivity index (χ0n) is 8.53. The highest BCUT2D eigenvalue weighted by molar-refractivity contribution is 5.63. The van der Waals surface area contributed by atoms with Crippen molar-refractivity contribution < 1.29 is 9.84 Å². The summed E-state index contributed by atoms with van der Waals surface area (Å²) in [5.74, 6) is 0.909. The Morgan fingerprint density at radius 2 is 2.29 bits per heavy atom. The first-order valence-corrected chi connectivity index (χ1v) is 4.70. The average molecular weight is 194 g/mol. The SMILES string of the molecule is Cc1c(C(C)C)cnc2c1NC(O)O2. The summed E-state index contributed by atoms with van der Waals surface area (Å²) in [6.07, 6.45) is 0.845. The topological polar surface area (TPSA) is 54.4 Å². The number of pyridine rings is 1. The third-order valence-electron chi connectivity index (χ3n) is 2.46. The van der Waals surface area contributed by atoms with Gasteiger partial charge in [-0.05, 0) is 24.0 Å². The van der Waals surface area contributed by atoms with Crippen molar-refractivity contribution in [2.75, 3.05) is 5.32 Å². The molecule has 1 aromatic heterocycles. The lowest BCUT2D eigenvalue weighted by Gasteiger charge is -2.10. The van der Waals surface area contributed by atoms with E-state index in [9.17, 15) is 5.11 Å². The van der Waals surface area contributed by atoms with E-state index < -0.39 is 6.41 Å². The van der Waals surface area contributed by atoms with E-state index in [0.717, 1.165) is 11.3 Å². The van der Waals surface area contributed by atoms with Crippen molar-refractivity contribution in [2.24, 2.45) is 0 Å². The number of nitrogens with zero attached hydrogens (tertiary/aromatic N) is 1. The monoisotopic (exact) mass is 194 g/mol. The summed E-state index contributed by atoms with van der Waals surface area (Å²) >= 11 is 0. The fourth-order valence-corrected chi connectivity index (χ4v) is 1.69. The Labute approximate surface area is 82.9 Å². The van der Waals surface area contributed by atoms with E-state index in [1.54, 1.807) is 6.20 Å². The number of aliphatic hydroxyl groups is 1. The van der Waals surface area contributed by atoms with Gasteiger partial charge in [0.05, 0.1) is 0 Å². The Morgan fingerprint density at radius 3 is 2.93 bits per heavy atom. The summed E-state index contributed by atoms with van der Waals surface area (Å²) in [6, 6.07) is 0. The molecule has 0 amide bonds. The molecule has 0 saturated carbocycles. The molecule has 1 atom stereocenters. The highest BCUT2D eigenvalue weighted by Gasteiger charge is 2.24. The summed E-state index contributed by atoms with van der Waals surface area (Å²) in [4.78, 5) is 4.15. The van der Waals surface area contributed by atoms with E-state index in [1.165, 1.54) is 5.56 Å². The third-order valence-corrected chi connectivity index (χ3v) is 2.46. The quantitative estimate of drug-likeness (QED) is 0.713. The number of fused-ring (bicyclic) bond motifs is 1. The van der Waals surface area contributed by atoms with Gasteiger partial charge in [-0.25, -0.2) is 4.98 Å². The van der Waals surface area contributed by atoms with E-state index in [4.69, 9.17) is 4.74 Å².